The maximum Gasteiger partial charge on any atom is 0.433 e. The minimum absolute atomic E-state index is 0.543. The first-order chi connectivity index (χ1) is 8.45. The van der Waals surface area contributed by atoms with Crippen LogP contribution in [0.15, 0.2) is 33.3 Å². The molecule has 0 bridgehead atoms. The van der Waals surface area contributed by atoms with Crippen molar-refractivity contribution in [1.29, 1.82) is 0 Å². The minimum Gasteiger partial charge on any atom is -0.252 e. The lowest BCUT2D eigenvalue weighted by molar-refractivity contribution is -0.141. The Hall–Kier alpha value is -0.600. The topological polar surface area (TPSA) is 25.8 Å². The van der Waals surface area contributed by atoms with E-state index in [0.717, 1.165) is 14.9 Å². The number of hydrogen-bond donors (Lipinski definition) is 0. The SMILES string of the molecule is FC(F)(F)c1cc(SCc2cnc(Br)s2)ccn1. The van der Waals surface area contributed by atoms with E-state index < -0.39 is 11.9 Å². The van der Waals surface area contributed by atoms with Crippen molar-refractivity contribution in [3.63, 3.8) is 0 Å². The van der Waals surface area contributed by atoms with Gasteiger partial charge in [0.15, 0.2) is 3.92 Å². The quantitative estimate of drug-likeness (QED) is 0.752. The molecule has 2 aromatic rings. The van der Waals surface area contributed by atoms with Crippen LogP contribution in [-0.2, 0) is 11.9 Å². The maximum atomic E-state index is 12.4. The highest BCUT2D eigenvalue weighted by atomic mass is 79.9. The van der Waals surface area contributed by atoms with Crippen LogP contribution in [0.5, 0.6) is 0 Å². The third-order valence-electron chi connectivity index (χ3n) is 1.93. The Labute approximate surface area is 118 Å². The van der Waals surface area contributed by atoms with E-state index in [-0.39, 0.29) is 0 Å². The van der Waals surface area contributed by atoms with Crippen molar-refractivity contribution >= 4 is 39.0 Å². The Morgan fingerprint density at radius 2 is 2.11 bits per heavy atom. The lowest BCUT2D eigenvalue weighted by Gasteiger charge is -2.06. The van der Waals surface area contributed by atoms with Crippen LogP contribution in [0.3, 0.4) is 0 Å². The molecule has 2 aromatic heterocycles. The van der Waals surface area contributed by atoms with Crippen molar-refractivity contribution in [3.8, 4) is 0 Å². The van der Waals surface area contributed by atoms with E-state index in [9.17, 15) is 13.2 Å². The van der Waals surface area contributed by atoms with Crippen molar-refractivity contribution in [2.75, 3.05) is 0 Å². The highest BCUT2D eigenvalue weighted by Crippen LogP contribution is 2.32. The molecule has 0 aromatic carbocycles. The van der Waals surface area contributed by atoms with Crippen molar-refractivity contribution in [1.82, 2.24) is 9.97 Å². The van der Waals surface area contributed by atoms with E-state index in [1.165, 1.54) is 29.3 Å². The molecule has 96 valence electrons. The van der Waals surface area contributed by atoms with Crippen LogP contribution in [0.2, 0.25) is 0 Å². The summed E-state index contributed by atoms with van der Waals surface area (Å²) < 4.78 is 38.1. The van der Waals surface area contributed by atoms with Crippen LogP contribution in [0.4, 0.5) is 13.2 Å². The first-order valence-corrected chi connectivity index (χ1v) is 7.31. The molecule has 0 unspecified atom stereocenters. The van der Waals surface area contributed by atoms with Gasteiger partial charge in [0.2, 0.25) is 0 Å². The number of pyridine rings is 1. The van der Waals surface area contributed by atoms with Gasteiger partial charge in [0, 0.05) is 27.9 Å². The molecule has 8 heteroatoms. The molecule has 0 aliphatic heterocycles. The number of rotatable bonds is 3. The van der Waals surface area contributed by atoms with E-state index >= 15 is 0 Å². The van der Waals surface area contributed by atoms with Crippen LogP contribution in [0.25, 0.3) is 0 Å². The fraction of sp³-hybridized carbons (Fsp3) is 0.200. The Kier molecular flexibility index (Phi) is 4.29. The zero-order valence-electron chi connectivity index (χ0n) is 8.74. The molecule has 2 nitrogen and oxygen atoms in total. The van der Waals surface area contributed by atoms with Gasteiger partial charge in [-0.15, -0.1) is 23.1 Å². The van der Waals surface area contributed by atoms with Crippen molar-refractivity contribution in [2.45, 2.75) is 16.8 Å². The Bertz CT molecular complexity index is 542. The second kappa shape index (κ2) is 5.58. The molecular weight excluding hydrogens is 349 g/mol. The molecule has 0 amide bonds. The third-order valence-corrected chi connectivity index (χ3v) is 4.63. The lowest BCUT2D eigenvalue weighted by Crippen LogP contribution is -2.07. The van der Waals surface area contributed by atoms with Crippen LogP contribution in [0.1, 0.15) is 10.6 Å². The Morgan fingerprint density at radius 1 is 1.33 bits per heavy atom. The average molecular weight is 355 g/mol. The van der Waals surface area contributed by atoms with E-state index in [2.05, 4.69) is 25.9 Å². The van der Waals surface area contributed by atoms with Gasteiger partial charge in [0.25, 0.3) is 0 Å². The number of nitrogens with zero attached hydrogens (tertiary/aromatic N) is 2. The summed E-state index contributed by atoms with van der Waals surface area (Å²) in [4.78, 5) is 8.87. The number of halogens is 4. The van der Waals surface area contributed by atoms with Gasteiger partial charge in [-0.2, -0.15) is 13.2 Å². The normalized spacial score (nSPS) is 11.8. The molecule has 18 heavy (non-hydrogen) atoms. The number of alkyl halides is 3. The van der Waals surface area contributed by atoms with Crippen molar-refractivity contribution in [3.05, 3.63) is 39.0 Å². The standard InChI is InChI=1S/C10H6BrF3N2S2/c11-9-16-4-7(18-9)5-17-6-1-2-15-8(3-6)10(12,13)14/h1-4H,5H2. The van der Waals surface area contributed by atoms with Gasteiger partial charge in [0.1, 0.15) is 5.69 Å². The average Bonchev–Trinajstić information content (AvgIpc) is 2.72. The van der Waals surface area contributed by atoms with Crippen molar-refractivity contribution < 1.29 is 13.2 Å². The summed E-state index contributed by atoms with van der Waals surface area (Å²) in [5.41, 5.74) is -0.863. The second-order valence-electron chi connectivity index (χ2n) is 3.24. The van der Waals surface area contributed by atoms with Crippen LogP contribution < -0.4 is 0 Å². The molecule has 0 N–H and O–H groups in total. The largest absolute Gasteiger partial charge is 0.433 e. The number of hydrogen-bond acceptors (Lipinski definition) is 4. The van der Waals surface area contributed by atoms with Crippen molar-refractivity contribution in [2.24, 2.45) is 0 Å². The summed E-state index contributed by atoms with van der Waals surface area (Å²) in [6.07, 6.45) is -1.52. The van der Waals surface area contributed by atoms with Crippen LogP contribution in [0, 0.1) is 0 Å². The second-order valence-corrected chi connectivity index (χ2v) is 6.68. The van der Waals surface area contributed by atoms with E-state index in [4.69, 9.17) is 0 Å². The number of aromatic nitrogens is 2. The minimum atomic E-state index is -4.40. The molecule has 0 radical (unpaired) electrons. The molecule has 0 atom stereocenters. The van der Waals surface area contributed by atoms with E-state index in [1.807, 2.05) is 0 Å². The summed E-state index contributed by atoms with van der Waals surface area (Å²) in [5.74, 6) is 0.588. The van der Waals surface area contributed by atoms with Gasteiger partial charge in [-0.3, -0.25) is 4.98 Å². The van der Waals surface area contributed by atoms with Gasteiger partial charge in [-0.05, 0) is 28.1 Å². The molecular formula is C10H6BrF3N2S2. The fourth-order valence-electron chi connectivity index (χ4n) is 1.16. The highest BCUT2D eigenvalue weighted by Gasteiger charge is 2.32. The van der Waals surface area contributed by atoms with Crippen LogP contribution >= 0.6 is 39.0 Å². The molecule has 0 spiro atoms. The Morgan fingerprint density at radius 3 is 2.72 bits per heavy atom. The van der Waals surface area contributed by atoms with Gasteiger partial charge in [0.05, 0.1) is 0 Å². The predicted molar refractivity (Wildman–Crippen MR) is 68.6 cm³/mol. The van der Waals surface area contributed by atoms with Crippen LogP contribution in [-0.4, -0.2) is 9.97 Å². The molecule has 0 fully saturated rings. The summed E-state index contributed by atoms with van der Waals surface area (Å²) in [6, 6.07) is 2.62. The predicted octanol–water partition coefficient (Wildman–Crippen LogP) is 4.61. The number of thiazole rings is 1. The zero-order chi connectivity index (χ0) is 13.2. The molecule has 0 saturated heterocycles. The first-order valence-electron chi connectivity index (χ1n) is 4.71. The van der Waals surface area contributed by atoms with Gasteiger partial charge < -0.3 is 0 Å². The lowest BCUT2D eigenvalue weighted by atomic mass is 10.3. The maximum absolute atomic E-state index is 12.4. The summed E-state index contributed by atoms with van der Waals surface area (Å²) in [5, 5.41) is 0. The zero-order valence-corrected chi connectivity index (χ0v) is 12.0. The Balaban J connectivity index is 2.06. The van der Waals surface area contributed by atoms with Gasteiger partial charge in [-0.1, -0.05) is 0 Å². The summed E-state index contributed by atoms with van der Waals surface area (Å²) in [6.45, 7) is 0. The third kappa shape index (κ3) is 3.69. The highest BCUT2D eigenvalue weighted by molar-refractivity contribution is 9.11. The summed E-state index contributed by atoms with van der Waals surface area (Å²) in [7, 11) is 0. The smallest absolute Gasteiger partial charge is 0.252 e. The number of thioether (sulfide) groups is 1. The summed E-state index contributed by atoms with van der Waals surface area (Å²) >= 11 is 6.03. The van der Waals surface area contributed by atoms with E-state index in [1.54, 1.807) is 12.3 Å². The van der Waals surface area contributed by atoms with Gasteiger partial charge in [-0.25, -0.2) is 4.98 Å². The monoisotopic (exact) mass is 354 g/mol. The molecule has 2 rings (SSSR count). The molecule has 2 heterocycles. The molecule has 0 saturated carbocycles. The first kappa shape index (κ1) is 13.8. The fourth-order valence-corrected chi connectivity index (χ4v) is 3.46. The molecule has 0 aliphatic carbocycles. The molecule has 0 aliphatic rings. The van der Waals surface area contributed by atoms with Gasteiger partial charge >= 0.3 is 6.18 Å². The van der Waals surface area contributed by atoms with E-state index in [0.29, 0.717) is 10.6 Å².